The van der Waals surface area contributed by atoms with Crippen molar-refractivity contribution in [3.63, 3.8) is 0 Å². The molecule has 0 amide bonds. The van der Waals surface area contributed by atoms with E-state index in [-0.39, 0.29) is 30.1 Å². The number of piperidine rings is 1. The van der Waals surface area contributed by atoms with E-state index in [1.165, 1.54) is 30.3 Å². The fraction of sp³-hybridized carbons (Fsp3) is 0.387. The molecule has 0 radical (unpaired) electrons. The molecule has 218 valence electrons. The van der Waals surface area contributed by atoms with Gasteiger partial charge in [-0.25, -0.2) is 0 Å². The molecule has 1 N–H and O–H groups in total. The average molecular weight is 578 g/mol. The van der Waals surface area contributed by atoms with Gasteiger partial charge in [-0.05, 0) is 61.1 Å². The summed E-state index contributed by atoms with van der Waals surface area (Å²) in [7, 11) is 0. The number of aliphatic carboxylic acids is 1. The number of benzene rings is 2. The quantitative estimate of drug-likeness (QED) is 0.282. The highest BCUT2D eigenvalue weighted by Crippen LogP contribution is 2.42. The Balaban J connectivity index is 1.68. The third-order valence-electron chi connectivity index (χ3n) is 7.29. The summed E-state index contributed by atoms with van der Waals surface area (Å²) in [6.07, 6.45) is -7.17. The number of carboxylic acid groups (broad SMARTS) is 1. The third kappa shape index (κ3) is 7.33. The van der Waals surface area contributed by atoms with Crippen molar-refractivity contribution in [3.05, 3.63) is 89.0 Å². The van der Waals surface area contributed by atoms with E-state index in [2.05, 4.69) is 18.4 Å². The highest BCUT2D eigenvalue weighted by molar-refractivity contribution is 5.67. The van der Waals surface area contributed by atoms with Crippen LogP contribution in [-0.2, 0) is 21.9 Å². The number of ether oxygens (including phenoxy) is 1. The molecule has 4 nitrogen and oxygen atoms in total. The van der Waals surface area contributed by atoms with E-state index in [4.69, 9.17) is 4.74 Å². The lowest BCUT2D eigenvalue weighted by Gasteiger charge is -2.44. The number of rotatable bonds is 6. The number of hydrogen-bond donors (Lipinski definition) is 1. The maximum atomic E-state index is 13.7. The van der Waals surface area contributed by atoms with Gasteiger partial charge in [0.1, 0.15) is 17.9 Å². The van der Waals surface area contributed by atoms with Crippen LogP contribution < -0.4 is 0 Å². The molecule has 2 aromatic rings. The average Bonchev–Trinajstić information content (AvgIpc) is 3.38. The van der Waals surface area contributed by atoms with Crippen LogP contribution in [0.25, 0.3) is 5.76 Å². The molecule has 41 heavy (non-hydrogen) atoms. The van der Waals surface area contributed by atoms with Gasteiger partial charge >= 0.3 is 18.3 Å². The van der Waals surface area contributed by atoms with Crippen molar-refractivity contribution in [1.29, 1.82) is 0 Å². The number of carbonyl (C=O) groups is 1. The monoisotopic (exact) mass is 577 g/mol. The summed E-state index contributed by atoms with van der Waals surface area (Å²) in [4.78, 5) is 13.4. The molecule has 4 atom stereocenters. The number of halogens is 6. The van der Waals surface area contributed by atoms with E-state index in [1.54, 1.807) is 13.0 Å². The van der Waals surface area contributed by atoms with Crippen LogP contribution >= 0.6 is 0 Å². The molecule has 0 aliphatic carbocycles. The Kier molecular flexibility index (Phi) is 8.88. The van der Waals surface area contributed by atoms with Crippen LogP contribution in [0.15, 0.2) is 66.8 Å². The molecular weight excluding hydrogens is 548 g/mol. The smallest absolute Gasteiger partial charge is 0.417 e. The molecule has 4 rings (SSSR count). The van der Waals surface area contributed by atoms with Crippen molar-refractivity contribution in [2.24, 2.45) is 5.92 Å². The first-order chi connectivity index (χ1) is 19.2. The van der Waals surface area contributed by atoms with Crippen LogP contribution in [0.5, 0.6) is 0 Å². The molecule has 0 bridgehead atoms. The van der Waals surface area contributed by atoms with Crippen molar-refractivity contribution in [2.75, 3.05) is 6.54 Å². The second-order valence-electron chi connectivity index (χ2n) is 10.4. The lowest BCUT2D eigenvalue weighted by Crippen LogP contribution is -2.48. The van der Waals surface area contributed by atoms with Gasteiger partial charge in [0.2, 0.25) is 0 Å². The summed E-state index contributed by atoms with van der Waals surface area (Å²) < 4.78 is 86.9. The number of allylic oxidation sites excluding steroid dienone is 1. The molecule has 2 aliphatic rings. The van der Waals surface area contributed by atoms with Gasteiger partial charge in [-0.1, -0.05) is 48.8 Å². The van der Waals surface area contributed by atoms with Gasteiger partial charge in [-0.3, -0.25) is 9.69 Å². The highest BCUT2D eigenvalue weighted by Gasteiger charge is 2.41. The maximum Gasteiger partial charge on any atom is 0.417 e. The Labute approximate surface area is 234 Å². The molecule has 0 spiro atoms. The summed E-state index contributed by atoms with van der Waals surface area (Å²) in [6, 6.07) is 8.71. The van der Waals surface area contributed by atoms with Crippen LogP contribution in [0.4, 0.5) is 26.3 Å². The molecule has 2 aromatic carbocycles. The van der Waals surface area contributed by atoms with Crippen molar-refractivity contribution in [2.45, 2.75) is 63.1 Å². The second kappa shape index (κ2) is 12.0. The molecule has 2 heterocycles. The van der Waals surface area contributed by atoms with Crippen LogP contribution in [0.2, 0.25) is 0 Å². The van der Waals surface area contributed by atoms with Gasteiger partial charge in [0.15, 0.2) is 0 Å². The van der Waals surface area contributed by atoms with Crippen LogP contribution in [0, 0.1) is 17.8 Å². The number of likely N-dealkylation sites (tertiary alicyclic amines) is 1. The van der Waals surface area contributed by atoms with E-state index >= 15 is 0 Å². The van der Waals surface area contributed by atoms with Gasteiger partial charge in [-0.2, -0.15) is 26.3 Å². The molecule has 0 aromatic heterocycles. The van der Waals surface area contributed by atoms with Gasteiger partial charge in [0.25, 0.3) is 0 Å². The predicted octanol–water partition coefficient (Wildman–Crippen LogP) is 7.73. The Morgan fingerprint density at radius 3 is 2.39 bits per heavy atom. The molecule has 10 heteroatoms. The largest absolute Gasteiger partial charge is 0.487 e. The van der Waals surface area contributed by atoms with Crippen LogP contribution in [0.3, 0.4) is 0 Å². The molecular formula is C31H29F6NO3. The normalized spacial score (nSPS) is 22.2. The number of nitrogens with zero attached hydrogens (tertiary/aromatic N) is 1. The van der Waals surface area contributed by atoms with Crippen LogP contribution in [-0.4, -0.2) is 34.7 Å². The zero-order chi connectivity index (χ0) is 29.9. The summed E-state index contributed by atoms with van der Waals surface area (Å²) in [5.41, 5.74) is -0.609. The van der Waals surface area contributed by atoms with E-state index in [0.29, 0.717) is 30.5 Å². The van der Waals surface area contributed by atoms with Gasteiger partial charge in [-0.15, -0.1) is 0 Å². The molecule has 1 fully saturated rings. The van der Waals surface area contributed by atoms with E-state index in [0.717, 1.165) is 18.2 Å². The number of carboxylic acids is 1. The summed E-state index contributed by atoms with van der Waals surface area (Å²) in [5.74, 6) is 4.97. The standard InChI is InChI=1S/C31H29F6NO3/c1-19(2)7-12-25(28-14-13-27(41-28)23-5-3-4-6-24(23)31(35,36)37)38-16-15-20(18-29(39)40)17-26(38)21-8-10-22(11-9-21)30(32,33)34/h3-6,8-11,13,20,25-26,28H,1,14-18H2,2H3,(H,39,40)/t20-,25-,26+,28?/m1/s1. The fourth-order valence-electron chi connectivity index (χ4n) is 5.42. The first-order valence-corrected chi connectivity index (χ1v) is 13.1. The molecule has 0 saturated carbocycles. The van der Waals surface area contributed by atoms with Crippen LogP contribution in [0.1, 0.15) is 60.9 Å². The van der Waals surface area contributed by atoms with Crippen molar-refractivity contribution < 1.29 is 41.0 Å². The van der Waals surface area contributed by atoms with E-state index in [1.807, 2.05) is 4.90 Å². The Morgan fingerprint density at radius 1 is 1.10 bits per heavy atom. The summed E-state index contributed by atoms with van der Waals surface area (Å²) in [6.45, 7) is 5.88. The minimum absolute atomic E-state index is 0.0805. The predicted molar refractivity (Wildman–Crippen MR) is 141 cm³/mol. The lowest BCUT2D eigenvalue weighted by atomic mass is 9.83. The second-order valence-corrected chi connectivity index (χ2v) is 10.4. The SMILES string of the molecule is C=C(C)C#C[C@H](C1CC=C(c2ccccc2C(F)(F)F)O1)N1CC[C@@H](CC(=O)O)C[C@H]1c1ccc(C(F)(F)F)cc1. The minimum Gasteiger partial charge on any atom is -0.487 e. The Morgan fingerprint density at radius 2 is 1.78 bits per heavy atom. The molecule has 1 saturated heterocycles. The molecule has 1 unspecified atom stereocenters. The summed E-state index contributed by atoms with van der Waals surface area (Å²) >= 11 is 0. The van der Waals surface area contributed by atoms with Crippen molar-refractivity contribution in [3.8, 4) is 11.8 Å². The topological polar surface area (TPSA) is 49.8 Å². The maximum absolute atomic E-state index is 13.7. The first kappa shape index (κ1) is 30.3. The number of hydrogen-bond acceptors (Lipinski definition) is 3. The van der Waals surface area contributed by atoms with E-state index < -0.39 is 47.6 Å². The third-order valence-corrected chi connectivity index (χ3v) is 7.29. The first-order valence-electron chi connectivity index (χ1n) is 13.1. The minimum atomic E-state index is -4.59. The van der Waals surface area contributed by atoms with Gasteiger partial charge < -0.3 is 9.84 Å². The van der Waals surface area contributed by atoms with Crippen molar-refractivity contribution in [1.82, 2.24) is 4.90 Å². The van der Waals surface area contributed by atoms with Gasteiger partial charge in [0, 0.05) is 31.0 Å². The number of alkyl halides is 6. The zero-order valence-corrected chi connectivity index (χ0v) is 22.2. The highest BCUT2D eigenvalue weighted by atomic mass is 19.4. The molecule has 2 aliphatic heterocycles. The fourth-order valence-corrected chi connectivity index (χ4v) is 5.42. The van der Waals surface area contributed by atoms with E-state index in [9.17, 15) is 36.2 Å². The van der Waals surface area contributed by atoms with Crippen molar-refractivity contribution >= 4 is 11.7 Å². The Hall–Kier alpha value is -3.71. The van der Waals surface area contributed by atoms with Gasteiger partial charge in [0.05, 0.1) is 11.1 Å². The zero-order valence-electron chi connectivity index (χ0n) is 22.2. The lowest BCUT2D eigenvalue weighted by molar-refractivity contribution is -0.139. The summed E-state index contributed by atoms with van der Waals surface area (Å²) in [5, 5.41) is 9.38. The Bertz CT molecular complexity index is 1370.